The van der Waals surface area contributed by atoms with E-state index in [0.29, 0.717) is 10.8 Å². The Balaban J connectivity index is 1.84. The Morgan fingerprint density at radius 3 is 2.75 bits per heavy atom. The molecule has 0 bridgehead atoms. The molecule has 0 fully saturated rings. The van der Waals surface area contributed by atoms with Crippen LogP contribution in [0.15, 0.2) is 39.7 Å². The van der Waals surface area contributed by atoms with Gasteiger partial charge in [0.15, 0.2) is 5.13 Å². The summed E-state index contributed by atoms with van der Waals surface area (Å²) >= 11 is 7.21. The molecule has 2 N–H and O–H groups in total. The summed E-state index contributed by atoms with van der Waals surface area (Å²) in [5, 5.41) is 12.2. The number of nitrogens with zero attached hydrogens (tertiary/aromatic N) is 4. The van der Waals surface area contributed by atoms with Gasteiger partial charge in [0.1, 0.15) is 10.7 Å². The van der Waals surface area contributed by atoms with Crippen molar-refractivity contribution >= 4 is 51.6 Å². The number of thiazole rings is 1. The number of amides is 1. The normalized spacial score (nSPS) is 11.0. The predicted octanol–water partition coefficient (Wildman–Crippen LogP) is 3.63. The van der Waals surface area contributed by atoms with Gasteiger partial charge in [-0.2, -0.15) is 10.2 Å². The minimum atomic E-state index is -0.511. The van der Waals surface area contributed by atoms with Crippen molar-refractivity contribution in [1.82, 2.24) is 15.2 Å². The number of nitrogens with one attached hydrogen (secondary N) is 2. The molecule has 3 aromatic rings. The monoisotopic (exact) mass is 416 g/mol. The van der Waals surface area contributed by atoms with Gasteiger partial charge in [0.2, 0.25) is 5.91 Å². The number of hydrogen-bond acceptors (Lipinski definition) is 7. The van der Waals surface area contributed by atoms with Crippen LogP contribution < -0.4 is 15.9 Å². The fourth-order valence-electron chi connectivity index (χ4n) is 2.61. The minimum Gasteiger partial charge on any atom is -0.275 e. The van der Waals surface area contributed by atoms with Gasteiger partial charge >= 0.3 is 0 Å². The van der Waals surface area contributed by atoms with Crippen LogP contribution in [-0.2, 0) is 4.79 Å². The van der Waals surface area contributed by atoms with Crippen molar-refractivity contribution in [3.8, 4) is 0 Å². The summed E-state index contributed by atoms with van der Waals surface area (Å²) in [7, 11) is 0. The zero-order valence-electron chi connectivity index (χ0n) is 15.4. The zero-order chi connectivity index (χ0) is 20.3. The summed E-state index contributed by atoms with van der Waals surface area (Å²) in [6.07, 6.45) is 2.83. The van der Waals surface area contributed by atoms with Crippen LogP contribution in [0.3, 0.4) is 0 Å². The third-order valence-electron chi connectivity index (χ3n) is 3.86. The Labute approximate surface area is 169 Å². The van der Waals surface area contributed by atoms with E-state index >= 15 is 0 Å². The zero-order valence-corrected chi connectivity index (χ0v) is 16.9. The van der Waals surface area contributed by atoms with Crippen molar-refractivity contribution in [3.63, 3.8) is 0 Å². The highest BCUT2D eigenvalue weighted by Crippen LogP contribution is 2.33. The lowest BCUT2D eigenvalue weighted by Crippen LogP contribution is -2.24. The van der Waals surface area contributed by atoms with Gasteiger partial charge < -0.3 is 0 Å². The van der Waals surface area contributed by atoms with Crippen LogP contribution in [0.4, 0.5) is 16.5 Å². The largest absolute Gasteiger partial charge is 0.285 e. The van der Waals surface area contributed by atoms with Gasteiger partial charge in [-0.25, -0.2) is 10.1 Å². The van der Waals surface area contributed by atoms with Crippen LogP contribution in [0.5, 0.6) is 0 Å². The lowest BCUT2D eigenvalue weighted by molar-refractivity contribution is -0.115. The predicted molar refractivity (Wildman–Crippen MR) is 112 cm³/mol. The molecule has 28 heavy (non-hydrogen) atoms. The van der Waals surface area contributed by atoms with Gasteiger partial charge in [-0.3, -0.25) is 19.9 Å². The van der Waals surface area contributed by atoms with Crippen molar-refractivity contribution in [2.45, 2.75) is 20.8 Å². The Morgan fingerprint density at radius 1 is 1.36 bits per heavy atom. The van der Waals surface area contributed by atoms with E-state index in [1.807, 2.05) is 32.0 Å². The number of H-pyrrole nitrogens is 1. The summed E-state index contributed by atoms with van der Waals surface area (Å²) in [6, 6.07) is 5.86. The molecule has 2 heterocycles. The maximum Gasteiger partial charge on any atom is 0.285 e. The first-order chi connectivity index (χ1) is 13.4. The molecule has 2 aromatic heterocycles. The molecule has 0 aliphatic carbocycles. The van der Waals surface area contributed by atoms with Crippen molar-refractivity contribution in [1.29, 1.82) is 0 Å². The van der Waals surface area contributed by atoms with E-state index in [-0.39, 0.29) is 16.6 Å². The minimum absolute atomic E-state index is 0.0381. The number of carbonyl (C=O) groups is 1. The Morgan fingerprint density at radius 2 is 2.07 bits per heavy atom. The number of aromatic nitrogens is 3. The van der Waals surface area contributed by atoms with Gasteiger partial charge in [-0.05, 0) is 25.0 Å². The molecule has 3 rings (SSSR count). The number of para-hydroxylation sites is 1. The molecule has 1 amide bonds. The third-order valence-corrected chi connectivity index (χ3v) is 5.08. The first kappa shape index (κ1) is 19.7. The van der Waals surface area contributed by atoms with E-state index < -0.39 is 5.56 Å². The maximum absolute atomic E-state index is 12.3. The molecule has 0 atom stereocenters. The molecular formula is C18H17ClN6O2S. The molecular weight excluding hydrogens is 400 g/mol. The van der Waals surface area contributed by atoms with Crippen molar-refractivity contribution in [2.24, 2.45) is 5.10 Å². The van der Waals surface area contributed by atoms with Crippen LogP contribution in [0.1, 0.15) is 23.7 Å². The summed E-state index contributed by atoms with van der Waals surface area (Å²) in [6.45, 7) is 5.42. The van der Waals surface area contributed by atoms with E-state index in [1.165, 1.54) is 30.7 Å². The Hall–Kier alpha value is -3.04. The lowest BCUT2D eigenvalue weighted by Gasteiger charge is -2.22. The standard InChI is InChI=1S/C18H17ClN6O2S/c1-10-5-4-6-11(2)16(10)25(12(3)26)18-22-13(9-28-18)7-20-23-14-8-21-24-17(27)15(14)19/h4-9H,1-3H3,(H2,23,24,27)/b20-7-. The second-order valence-corrected chi connectivity index (χ2v) is 7.16. The highest BCUT2D eigenvalue weighted by atomic mass is 35.5. The molecule has 0 saturated heterocycles. The van der Waals surface area contributed by atoms with Crippen LogP contribution in [0.2, 0.25) is 5.02 Å². The SMILES string of the molecule is CC(=O)N(c1nc(/C=N\Nc2cn[nH]c(=O)c2Cl)cs1)c1c(C)cccc1C. The summed E-state index contributed by atoms with van der Waals surface area (Å²) < 4.78 is 0. The number of benzene rings is 1. The van der Waals surface area contributed by atoms with E-state index in [2.05, 4.69) is 25.7 Å². The number of hydrogen-bond donors (Lipinski definition) is 2. The summed E-state index contributed by atoms with van der Waals surface area (Å²) in [5.74, 6) is -0.130. The number of hydrazone groups is 1. The molecule has 0 unspecified atom stereocenters. The van der Waals surface area contributed by atoms with Gasteiger partial charge in [0, 0.05) is 12.3 Å². The van der Waals surface area contributed by atoms with Crippen LogP contribution in [0, 0.1) is 13.8 Å². The first-order valence-corrected chi connectivity index (χ1v) is 9.49. The lowest BCUT2D eigenvalue weighted by atomic mass is 10.1. The first-order valence-electron chi connectivity index (χ1n) is 8.23. The molecule has 0 aliphatic heterocycles. The number of aromatic amines is 1. The van der Waals surface area contributed by atoms with E-state index in [4.69, 9.17) is 11.6 Å². The summed E-state index contributed by atoms with van der Waals surface area (Å²) in [4.78, 5) is 29.8. The molecule has 10 heteroatoms. The fourth-order valence-corrected chi connectivity index (χ4v) is 3.57. The molecule has 0 spiro atoms. The Kier molecular flexibility index (Phi) is 5.86. The second kappa shape index (κ2) is 8.32. The number of anilines is 3. The molecule has 1 aromatic carbocycles. The molecule has 0 saturated carbocycles. The quantitative estimate of drug-likeness (QED) is 0.488. The van der Waals surface area contributed by atoms with Crippen LogP contribution in [0.25, 0.3) is 0 Å². The van der Waals surface area contributed by atoms with Gasteiger partial charge in [-0.15, -0.1) is 11.3 Å². The van der Waals surface area contributed by atoms with Gasteiger partial charge in [-0.1, -0.05) is 29.8 Å². The van der Waals surface area contributed by atoms with E-state index in [0.717, 1.165) is 16.8 Å². The number of aryl methyl sites for hydroxylation is 2. The summed E-state index contributed by atoms with van der Waals surface area (Å²) in [5.41, 5.74) is 5.77. The molecule has 8 nitrogen and oxygen atoms in total. The average Bonchev–Trinajstić information content (AvgIpc) is 3.10. The highest BCUT2D eigenvalue weighted by Gasteiger charge is 2.21. The van der Waals surface area contributed by atoms with E-state index in [9.17, 15) is 9.59 Å². The fraction of sp³-hybridized carbons (Fsp3) is 0.167. The number of carbonyl (C=O) groups excluding carboxylic acids is 1. The highest BCUT2D eigenvalue weighted by molar-refractivity contribution is 7.14. The van der Waals surface area contributed by atoms with Gasteiger partial charge in [0.25, 0.3) is 5.56 Å². The maximum atomic E-state index is 12.3. The average molecular weight is 417 g/mol. The Bertz CT molecular complexity index is 1090. The molecule has 0 aliphatic rings. The van der Waals surface area contributed by atoms with Crippen molar-refractivity contribution in [3.05, 3.63) is 62.0 Å². The number of rotatable bonds is 5. The van der Waals surface area contributed by atoms with Gasteiger partial charge in [0.05, 0.1) is 23.8 Å². The second-order valence-electron chi connectivity index (χ2n) is 5.95. The smallest absolute Gasteiger partial charge is 0.275 e. The third kappa shape index (κ3) is 4.10. The van der Waals surface area contributed by atoms with Crippen LogP contribution in [-0.4, -0.2) is 27.3 Å². The van der Waals surface area contributed by atoms with Crippen molar-refractivity contribution < 1.29 is 4.79 Å². The number of halogens is 1. The molecule has 0 radical (unpaired) electrons. The topological polar surface area (TPSA) is 103 Å². The molecule has 144 valence electrons. The van der Waals surface area contributed by atoms with Crippen molar-refractivity contribution in [2.75, 3.05) is 10.3 Å². The van der Waals surface area contributed by atoms with E-state index in [1.54, 1.807) is 10.3 Å². The van der Waals surface area contributed by atoms with Crippen LogP contribution >= 0.6 is 22.9 Å².